The normalized spacial score (nSPS) is 16.7. The molecule has 1 saturated heterocycles. The number of ether oxygens (including phenoxy) is 2. The van der Waals surface area contributed by atoms with Crippen LogP contribution in [0.2, 0.25) is 0 Å². The molecule has 0 aromatic heterocycles. The SMILES string of the molecule is COC(=O)c1ccc(NC(=O)NCCCC[C@H]2CCCO2)c(C)c1. The molecule has 2 rings (SSSR count). The maximum absolute atomic E-state index is 11.9. The number of carbonyl (C=O) groups excluding carboxylic acids is 2. The summed E-state index contributed by atoms with van der Waals surface area (Å²) in [6, 6.07) is 4.80. The molecule has 2 N–H and O–H groups in total. The molecule has 1 atom stereocenters. The van der Waals surface area contributed by atoms with Gasteiger partial charge in [-0.25, -0.2) is 9.59 Å². The zero-order chi connectivity index (χ0) is 17.4. The van der Waals surface area contributed by atoms with E-state index in [0.717, 1.165) is 37.9 Å². The van der Waals surface area contributed by atoms with Gasteiger partial charge in [-0.15, -0.1) is 0 Å². The highest BCUT2D eigenvalue weighted by atomic mass is 16.5. The molecule has 24 heavy (non-hydrogen) atoms. The Kier molecular flexibility index (Phi) is 7.06. The van der Waals surface area contributed by atoms with Crippen LogP contribution in [0.25, 0.3) is 0 Å². The second kappa shape index (κ2) is 9.27. The van der Waals surface area contributed by atoms with E-state index in [0.29, 0.717) is 23.9 Å². The van der Waals surface area contributed by atoms with E-state index >= 15 is 0 Å². The molecule has 6 nitrogen and oxygen atoms in total. The molecule has 132 valence electrons. The maximum atomic E-state index is 11.9. The van der Waals surface area contributed by atoms with Crippen molar-refractivity contribution in [3.8, 4) is 0 Å². The first-order valence-corrected chi connectivity index (χ1v) is 8.45. The number of anilines is 1. The quantitative estimate of drug-likeness (QED) is 0.593. The number of methoxy groups -OCH3 is 1. The Bertz CT molecular complexity index is 568. The van der Waals surface area contributed by atoms with E-state index in [1.807, 2.05) is 6.92 Å². The van der Waals surface area contributed by atoms with Crippen molar-refractivity contribution < 1.29 is 19.1 Å². The van der Waals surface area contributed by atoms with E-state index in [1.54, 1.807) is 18.2 Å². The number of carbonyl (C=O) groups is 2. The van der Waals surface area contributed by atoms with Crippen LogP contribution in [0.1, 0.15) is 48.0 Å². The molecule has 1 aliphatic heterocycles. The van der Waals surface area contributed by atoms with Gasteiger partial charge in [0, 0.05) is 18.8 Å². The van der Waals surface area contributed by atoms with Crippen LogP contribution >= 0.6 is 0 Å². The van der Waals surface area contributed by atoms with Crippen LogP contribution in [-0.2, 0) is 9.47 Å². The van der Waals surface area contributed by atoms with Gasteiger partial charge in [0.1, 0.15) is 0 Å². The maximum Gasteiger partial charge on any atom is 0.337 e. The molecular weight excluding hydrogens is 308 g/mol. The first-order valence-electron chi connectivity index (χ1n) is 8.45. The van der Waals surface area contributed by atoms with Gasteiger partial charge < -0.3 is 20.1 Å². The van der Waals surface area contributed by atoms with Gasteiger partial charge in [0.15, 0.2) is 0 Å². The van der Waals surface area contributed by atoms with Gasteiger partial charge in [0.2, 0.25) is 0 Å². The molecule has 0 radical (unpaired) electrons. The van der Waals surface area contributed by atoms with E-state index in [4.69, 9.17) is 4.74 Å². The number of hydrogen-bond donors (Lipinski definition) is 2. The molecule has 1 aromatic carbocycles. The van der Waals surface area contributed by atoms with E-state index in [-0.39, 0.29) is 12.0 Å². The number of amides is 2. The van der Waals surface area contributed by atoms with Gasteiger partial charge in [0.25, 0.3) is 0 Å². The summed E-state index contributed by atoms with van der Waals surface area (Å²) in [5.74, 6) is -0.389. The average Bonchev–Trinajstić information content (AvgIpc) is 3.09. The van der Waals surface area contributed by atoms with Gasteiger partial charge in [0.05, 0.1) is 18.8 Å². The number of nitrogens with one attached hydrogen (secondary N) is 2. The fourth-order valence-electron chi connectivity index (χ4n) is 2.79. The smallest absolute Gasteiger partial charge is 0.337 e. The van der Waals surface area contributed by atoms with Gasteiger partial charge in [-0.2, -0.15) is 0 Å². The van der Waals surface area contributed by atoms with Crippen LogP contribution in [-0.4, -0.2) is 38.4 Å². The number of benzene rings is 1. The van der Waals surface area contributed by atoms with Crippen molar-refractivity contribution in [1.82, 2.24) is 5.32 Å². The molecular formula is C18H26N2O4. The van der Waals surface area contributed by atoms with Gasteiger partial charge in [-0.3, -0.25) is 0 Å². The number of rotatable bonds is 7. The van der Waals surface area contributed by atoms with Crippen LogP contribution in [0.3, 0.4) is 0 Å². The Morgan fingerprint density at radius 3 is 2.83 bits per heavy atom. The minimum atomic E-state index is -0.389. The molecule has 0 unspecified atom stereocenters. The fraction of sp³-hybridized carbons (Fsp3) is 0.556. The lowest BCUT2D eigenvalue weighted by Gasteiger charge is -2.12. The van der Waals surface area contributed by atoms with E-state index in [1.165, 1.54) is 13.5 Å². The van der Waals surface area contributed by atoms with Crippen LogP contribution in [0.5, 0.6) is 0 Å². The Morgan fingerprint density at radius 1 is 1.33 bits per heavy atom. The van der Waals surface area contributed by atoms with Gasteiger partial charge in [-0.1, -0.05) is 0 Å². The van der Waals surface area contributed by atoms with Crippen molar-refractivity contribution in [2.75, 3.05) is 25.6 Å². The Hall–Kier alpha value is -2.08. The van der Waals surface area contributed by atoms with Crippen molar-refractivity contribution in [2.24, 2.45) is 0 Å². The van der Waals surface area contributed by atoms with Crippen LogP contribution in [0, 0.1) is 6.92 Å². The fourth-order valence-corrected chi connectivity index (χ4v) is 2.79. The minimum absolute atomic E-state index is 0.235. The minimum Gasteiger partial charge on any atom is -0.465 e. The van der Waals surface area contributed by atoms with Crippen LogP contribution in [0.15, 0.2) is 18.2 Å². The first-order chi connectivity index (χ1) is 11.6. The summed E-state index contributed by atoms with van der Waals surface area (Å²) in [6.07, 6.45) is 5.80. The van der Waals surface area contributed by atoms with Crippen LogP contribution < -0.4 is 10.6 Å². The second-order valence-corrected chi connectivity index (χ2v) is 6.03. The summed E-state index contributed by atoms with van der Waals surface area (Å²) in [6.45, 7) is 3.36. The zero-order valence-corrected chi connectivity index (χ0v) is 14.4. The summed E-state index contributed by atoms with van der Waals surface area (Å²) < 4.78 is 10.3. The number of urea groups is 1. The summed E-state index contributed by atoms with van der Waals surface area (Å²) >= 11 is 0. The lowest BCUT2D eigenvalue weighted by Crippen LogP contribution is -2.29. The summed E-state index contributed by atoms with van der Waals surface area (Å²) in [5.41, 5.74) is 1.96. The standard InChI is InChI=1S/C18H26N2O4/c1-13-12-14(17(21)23-2)8-9-16(13)20-18(22)19-10-4-3-6-15-7-5-11-24-15/h8-9,12,15H,3-7,10-11H2,1-2H3,(H2,19,20,22)/t15-/m0/s1. The summed E-state index contributed by atoms with van der Waals surface area (Å²) in [7, 11) is 1.34. The largest absolute Gasteiger partial charge is 0.465 e. The molecule has 0 saturated carbocycles. The van der Waals surface area contributed by atoms with Crippen molar-refractivity contribution in [3.63, 3.8) is 0 Å². The highest BCUT2D eigenvalue weighted by Gasteiger charge is 2.14. The third-order valence-electron chi connectivity index (χ3n) is 4.16. The van der Waals surface area contributed by atoms with E-state index in [2.05, 4.69) is 15.4 Å². The Balaban J connectivity index is 1.69. The predicted octanol–water partition coefficient (Wildman–Crippen LogP) is 3.25. The van der Waals surface area contributed by atoms with Crippen molar-refractivity contribution in [3.05, 3.63) is 29.3 Å². The highest BCUT2D eigenvalue weighted by molar-refractivity contribution is 5.93. The van der Waals surface area contributed by atoms with Crippen molar-refractivity contribution >= 4 is 17.7 Å². The number of aryl methyl sites for hydroxylation is 1. The van der Waals surface area contributed by atoms with Crippen LogP contribution in [0.4, 0.5) is 10.5 Å². The molecule has 1 fully saturated rings. The highest BCUT2D eigenvalue weighted by Crippen LogP contribution is 2.18. The summed E-state index contributed by atoms with van der Waals surface area (Å²) in [5, 5.41) is 5.65. The number of unbranched alkanes of at least 4 members (excludes halogenated alkanes) is 1. The monoisotopic (exact) mass is 334 g/mol. The van der Waals surface area contributed by atoms with Crippen molar-refractivity contribution in [2.45, 2.75) is 45.1 Å². The third kappa shape index (κ3) is 5.53. The number of hydrogen-bond acceptors (Lipinski definition) is 4. The van der Waals surface area contributed by atoms with E-state index < -0.39 is 0 Å². The Labute approximate surface area is 142 Å². The summed E-state index contributed by atoms with van der Waals surface area (Å²) in [4.78, 5) is 23.4. The topological polar surface area (TPSA) is 76.7 Å². The second-order valence-electron chi connectivity index (χ2n) is 6.03. The first kappa shape index (κ1) is 18.3. The molecule has 6 heteroatoms. The zero-order valence-electron chi connectivity index (χ0n) is 14.4. The molecule has 1 heterocycles. The number of esters is 1. The molecule has 0 spiro atoms. The lowest BCUT2D eigenvalue weighted by atomic mass is 10.1. The average molecular weight is 334 g/mol. The predicted molar refractivity (Wildman–Crippen MR) is 92.4 cm³/mol. The van der Waals surface area contributed by atoms with Gasteiger partial charge in [-0.05, 0) is 62.8 Å². The van der Waals surface area contributed by atoms with E-state index in [9.17, 15) is 9.59 Å². The molecule has 0 aliphatic carbocycles. The van der Waals surface area contributed by atoms with Gasteiger partial charge >= 0.3 is 12.0 Å². The molecule has 2 amide bonds. The molecule has 1 aliphatic rings. The lowest BCUT2D eigenvalue weighted by molar-refractivity contribution is 0.0600. The Morgan fingerprint density at radius 2 is 2.17 bits per heavy atom. The molecule has 0 bridgehead atoms. The van der Waals surface area contributed by atoms with Crippen molar-refractivity contribution in [1.29, 1.82) is 0 Å². The molecule has 1 aromatic rings. The third-order valence-corrected chi connectivity index (χ3v) is 4.16.